The molecule has 4 heteroatoms. The van der Waals surface area contributed by atoms with Gasteiger partial charge in [0.25, 0.3) is 0 Å². The third kappa shape index (κ3) is 4.06. The molecule has 0 amide bonds. The Morgan fingerprint density at radius 1 is 1.56 bits per heavy atom. The Balaban J connectivity index is 2.48. The Labute approximate surface area is 96.7 Å². The molecule has 0 bridgehead atoms. The summed E-state index contributed by atoms with van der Waals surface area (Å²) in [6.07, 6.45) is 3.22. The molecule has 90 valence electrons. The molecule has 16 heavy (non-hydrogen) atoms. The van der Waals surface area contributed by atoms with Crippen molar-refractivity contribution >= 4 is 5.69 Å². The molecule has 1 rings (SSSR count). The molecule has 1 atom stereocenters. The van der Waals surface area contributed by atoms with Gasteiger partial charge in [-0.2, -0.15) is 0 Å². The molecule has 1 aromatic heterocycles. The van der Waals surface area contributed by atoms with Crippen LogP contribution in [0.4, 0.5) is 5.69 Å². The van der Waals surface area contributed by atoms with Crippen LogP contribution in [0.1, 0.15) is 25.5 Å². The van der Waals surface area contributed by atoms with Crippen molar-refractivity contribution in [3.63, 3.8) is 0 Å². The highest BCUT2D eigenvalue weighted by Crippen LogP contribution is 2.23. The van der Waals surface area contributed by atoms with Gasteiger partial charge in [-0.1, -0.05) is 0 Å². The number of pyridine rings is 1. The van der Waals surface area contributed by atoms with Crippen LogP contribution in [0.5, 0.6) is 5.75 Å². The Morgan fingerprint density at radius 3 is 2.94 bits per heavy atom. The smallest absolute Gasteiger partial charge is 0.160 e. The normalized spacial score (nSPS) is 12.2. The number of aryl methyl sites for hydroxylation is 1. The molecule has 0 radical (unpaired) electrons. The highest BCUT2D eigenvalue weighted by molar-refractivity contribution is 5.55. The van der Waals surface area contributed by atoms with Gasteiger partial charge >= 0.3 is 0 Å². The van der Waals surface area contributed by atoms with E-state index in [1.165, 1.54) is 0 Å². The van der Waals surface area contributed by atoms with Crippen LogP contribution in [0.3, 0.4) is 0 Å². The Morgan fingerprint density at radius 2 is 2.31 bits per heavy atom. The maximum atomic E-state index is 9.13. The van der Waals surface area contributed by atoms with Crippen molar-refractivity contribution in [2.45, 2.75) is 32.8 Å². The zero-order chi connectivity index (χ0) is 12.0. The van der Waals surface area contributed by atoms with Crippen LogP contribution >= 0.6 is 0 Å². The molecule has 2 N–H and O–H groups in total. The van der Waals surface area contributed by atoms with Gasteiger partial charge in [0, 0.05) is 12.2 Å². The summed E-state index contributed by atoms with van der Waals surface area (Å²) >= 11 is 0. The molecule has 1 unspecified atom stereocenters. The van der Waals surface area contributed by atoms with Crippen LogP contribution in [0.15, 0.2) is 12.3 Å². The molecule has 0 spiro atoms. The summed E-state index contributed by atoms with van der Waals surface area (Å²) in [6.45, 7) is 4.57. The van der Waals surface area contributed by atoms with Gasteiger partial charge in [-0.3, -0.25) is 4.98 Å². The summed E-state index contributed by atoms with van der Waals surface area (Å²) in [6, 6.07) is 1.96. The molecule has 0 fully saturated rings. The number of methoxy groups -OCH3 is 1. The van der Waals surface area contributed by atoms with E-state index in [1.54, 1.807) is 20.2 Å². The number of anilines is 1. The number of aromatic nitrogens is 1. The van der Waals surface area contributed by atoms with Gasteiger partial charge in [0.1, 0.15) is 0 Å². The van der Waals surface area contributed by atoms with Crippen molar-refractivity contribution in [2.75, 3.05) is 19.0 Å². The lowest BCUT2D eigenvalue weighted by atomic mass is 10.2. The zero-order valence-electron chi connectivity index (χ0n) is 10.2. The molecule has 0 saturated carbocycles. The predicted molar refractivity (Wildman–Crippen MR) is 64.9 cm³/mol. The second-order valence-electron chi connectivity index (χ2n) is 3.94. The molecule has 0 saturated heterocycles. The standard InChI is InChI=1S/C12H20N2O2/c1-9-7-11(12(16-3)8-14-9)13-6-4-5-10(2)15/h7-8,10,15H,4-6H2,1-3H3,(H,13,14). The molecule has 4 nitrogen and oxygen atoms in total. The van der Waals surface area contributed by atoms with Crippen LogP contribution in [0, 0.1) is 6.92 Å². The van der Waals surface area contributed by atoms with Crippen LogP contribution in [0.2, 0.25) is 0 Å². The third-order valence-electron chi connectivity index (χ3n) is 2.34. The van der Waals surface area contributed by atoms with Crippen LogP contribution in [-0.4, -0.2) is 29.8 Å². The number of hydrogen-bond donors (Lipinski definition) is 2. The van der Waals surface area contributed by atoms with Gasteiger partial charge < -0.3 is 15.2 Å². The van der Waals surface area contributed by atoms with E-state index in [2.05, 4.69) is 10.3 Å². The largest absolute Gasteiger partial charge is 0.493 e. The fourth-order valence-corrected chi connectivity index (χ4v) is 1.47. The Bertz CT molecular complexity index is 327. The van der Waals surface area contributed by atoms with Gasteiger partial charge in [0.05, 0.1) is 25.1 Å². The summed E-state index contributed by atoms with van der Waals surface area (Å²) in [5, 5.41) is 12.4. The lowest BCUT2D eigenvalue weighted by Crippen LogP contribution is -2.07. The van der Waals surface area contributed by atoms with E-state index in [-0.39, 0.29) is 6.10 Å². The van der Waals surface area contributed by atoms with E-state index in [9.17, 15) is 0 Å². The molecule has 0 aliphatic heterocycles. The molecule has 0 aromatic carbocycles. The molecule has 0 aliphatic carbocycles. The average Bonchev–Trinajstić information content (AvgIpc) is 2.24. The summed E-state index contributed by atoms with van der Waals surface area (Å²) in [5.74, 6) is 0.752. The topological polar surface area (TPSA) is 54.4 Å². The van der Waals surface area contributed by atoms with Crippen molar-refractivity contribution < 1.29 is 9.84 Å². The average molecular weight is 224 g/mol. The summed E-state index contributed by atoms with van der Waals surface area (Å²) in [5.41, 5.74) is 1.92. The second kappa shape index (κ2) is 6.33. The fourth-order valence-electron chi connectivity index (χ4n) is 1.47. The van der Waals surface area contributed by atoms with Crippen molar-refractivity contribution in [1.29, 1.82) is 0 Å². The quantitative estimate of drug-likeness (QED) is 0.725. The monoisotopic (exact) mass is 224 g/mol. The van der Waals surface area contributed by atoms with Crippen LogP contribution in [0.25, 0.3) is 0 Å². The molecule has 1 heterocycles. The number of nitrogens with zero attached hydrogens (tertiary/aromatic N) is 1. The number of ether oxygens (including phenoxy) is 1. The minimum absolute atomic E-state index is 0.233. The minimum atomic E-state index is -0.233. The van der Waals surface area contributed by atoms with Crippen LogP contribution in [-0.2, 0) is 0 Å². The molecular formula is C12H20N2O2. The predicted octanol–water partition coefficient (Wildman–Crippen LogP) is 1.97. The van der Waals surface area contributed by atoms with Crippen molar-refractivity contribution in [3.8, 4) is 5.75 Å². The number of nitrogens with one attached hydrogen (secondary N) is 1. The van der Waals surface area contributed by atoms with Crippen molar-refractivity contribution in [2.24, 2.45) is 0 Å². The fraction of sp³-hybridized carbons (Fsp3) is 0.583. The minimum Gasteiger partial charge on any atom is -0.493 e. The van der Waals surface area contributed by atoms with E-state index in [0.29, 0.717) is 0 Å². The van der Waals surface area contributed by atoms with E-state index < -0.39 is 0 Å². The highest BCUT2D eigenvalue weighted by atomic mass is 16.5. The van der Waals surface area contributed by atoms with Gasteiger partial charge in [0.15, 0.2) is 5.75 Å². The first-order valence-electron chi connectivity index (χ1n) is 5.56. The Kier molecular flexibility index (Phi) is 5.05. The number of aliphatic hydroxyl groups is 1. The maximum absolute atomic E-state index is 9.13. The first-order chi connectivity index (χ1) is 7.63. The summed E-state index contributed by atoms with van der Waals surface area (Å²) in [7, 11) is 1.63. The summed E-state index contributed by atoms with van der Waals surface area (Å²) < 4.78 is 5.20. The third-order valence-corrected chi connectivity index (χ3v) is 2.34. The lowest BCUT2D eigenvalue weighted by molar-refractivity contribution is 0.183. The zero-order valence-corrected chi connectivity index (χ0v) is 10.2. The lowest BCUT2D eigenvalue weighted by Gasteiger charge is -2.11. The number of aliphatic hydroxyl groups excluding tert-OH is 1. The van der Waals surface area contributed by atoms with Gasteiger partial charge in [0.2, 0.25) is 0 Å². The SMILES string of the molecule is COc1cnc(C)cc1NCCCC(C)O. The van der Waals surface area contributed by atoms with E-state index in [4.69, 9.17) is 9.84 Å². The van der Waals surface area contributed by atoms with E-state index in [1.807, 2.05) is 13.0 Å². The number of hydrogen-bond acceptors (Lipinski definition) is 4. The molecule has 1 aromatic rings. The van der Waals surface area contributed by atoms with E-state index >= 15 is 0 Å². The van der Waals surface area contributed by atoms with E-state index in [0.717, 1.165) is 36.5 Å². The molecular weight excluding hydrogens is 204 g/mol. The summed E-state index contributed by atoms with van der Waals surface area (Å²) in [4.78, 5) is 4.16. The van der Waals surface area contributed by atoms with Gasteiger partial charge in [-0.15, -0.1) is 0 Å². The maximum Gasteiger partial charge on any atom is 0.160 e. The van der Waals surface area contributed by atoms with Gasteiger partial charge in [-0.05, 0) is 32.8 Å². The van der Waals surface area contributed by atoms with Crippen molar-refractivity contribution in [1.82, 2.24) is 4.98 Å². The van der Waals surface area contributed by atoms with Crippen molar-refractivity contribution in [3.05, 3.63) is 18.0 Å². The molecule has 0 aliphatic rings. The highest BCUT2D eigenvalue weighted by Gasteiger charge is 2.03. The first-order valence-corrected chi connectivity index (χ1v) is 5.56. The first kappa shape index (κ1) is 12.8. The second-order valence-corrected chi connectivity index (χ2v) is 3.94. The number of rotatable bonds is 6. The van der Waals surface area contributed by atoms with Gasteiger partial charge in [-0.25, -0.2) is 0 Å². The Hall–Kier alpha value is -1.29. The van der Waals surface area contributed by atoms with Crippen LogP contribution < -0.4 is 10.1 Å².